The summed E-state index contributed by atoms with van der Waals surface area (Å²) < 4.78 is 0. The molecule has 1 aromatic rings. The highest BCUT2D eigenvalue weighted by Gasteiger charge is 2.29. The predicted octanol–water partition coefficient (Wildman–Crippen LogP) is 4.80. The van der Waals surface area contributed by atoms with E-state index >= 15 is 0 Å². The van der Waals surface area contributed by atoms with Gasteiger partial charge in [0.1, 0.15) is 5.01 Å². The molecule has 1 heterocycles. The zero-order chi connectivity index (χ0) is 14.8. The minimum absolute atomic E-state index is 0.178. The molecule has 0 unspecified atom stereocenters. The van der Waals surface area contributed by atoms with Crippen molar-refractivity contribution < 1.29 is 0 Å². The molecule has 20 heavy (non-hydrogen) atoms. The molecule has 4 heteroatoms. The van der Waals surface area contributed by atoms with Gasteiger partial charge in [-0.25, -0.2) is 4.98 Å². The van der Waals surface area contributed by atoms with Crippen molar-refractivity contribution in [2.45, 2.75) is 71.2 Å². The van der Waals surface area contributed by atoms with Crippen molar-refractivity contribution in [2.24, 2.45) is 5.92 Å². The summed E-state index contributed by atoms with van der Waals surface area (Å²) >= 11 is 3.95. The fourth-order valence-corrected chi connectivity index (χ4v) is 4.21. The van der Waals surface area contributed by atoms with Crippen molar-refractivity contribution in [3.05, 3.63) is 15.6 Å². The molecule has 0 amide bonds. The third-order valence-corrected chi connectivity index (χ3v) is 5.83. The van der Waals surface area contributed by atoms with E-state index in [1.165, 1.54) is 34.2 Å². The largest absolute Gasteiger partial charge is 0.307 e. The molecule has 2 rings (SSSR count). The lowest BCUT2D eigenvalue weighted by Gasteiger charge is -2.20. The van der Waals surface area contributed by atoms with E-state index < -0.39 is 0 Å². The highest BCUT2D eigenvalue weighted by Crippen LogP contribution is 2.43. The minimum atomic E-state index is 0.178. The van der Waals surface area contributed by atoms with Crippen LogP contribution >= 0.6 is 23.1 Å². The predicted molar refractivity (Wildman–Crippen MR) is 91.7 cm³/mol. The second-order valence-corrected chi connectivity index (χ2v) is 9.40. The quantitative estimate of drug-likeness (QED) is 0.783. The lowest BCUT2D eigenvalue weighted by atomic mass is 10.1. The zero-order valence-corrected chi connectivity index (χ0v) is 15.1. The summed E-state index contributed by atoms with van der Waals surface area (Å²) in [6.45, 7) is 12.2. The van der Waals surface area contributed by atoms with Crippen LogP contribution in [-0.4, -0.2) is 16.3 Å². The highest BCUT2D eigenvalue weighted by atomic mass is 32.2. The van der Waals surface area contributed by atoms with Crippen LogP contribution in [0.3, 0.4) is 0 Å². The van der Waals surface area contributed by atoms with Crippen LogP contribution in [0.4, 0.5) is 0 Å². The van der Waals surface area contributed by atoms with Gasteiger partial charge in [-0.05, 0) is 45.3 Å². The van der Waals surface area contributed by atoms with Crippen molar-refractivity contribution in [3.63, 3.8) is 0 Å². The van der Waals surface area contributed by atoms with Gasteiger partial charge in [-0.15, -0.1) is 11.3 Å². The molecule has 2 nitrogen and oxygen atoms in total. The second-order valence-electron chi connectivity index (χ2n) is 7.20. The third kappa shape index (κ3) is 5.38. The Morgan fingerprint density at radius 2 is 2.05 bits per heavy atom. The maximum Gasteiger partial charge on any atom is 0.103 e. The third-order valence-electron chi connectivity index (χ3n) is 3.19. The van der Waals surface area contributed by atoms with Crippen molar-refractivity contribution in [1.82, 2.24) is 10.3 Å². The highest BCUT2D eigenvalue weighted by molar-refractivity contribution is 7.98. The van der Waals surface area contributed by atoms with Crippen molar-refractivity contribution in [2.75, 3.05) is 5.75 Å². The SMILES string of the molecule is CC(C)CSCc1nc(C2CC2)c(CNC(C)(C)C)s1. The lowest BCUT2D eigenvalue weighted by Crippen LogP contribution is -2.35. The maximum atomic E-state index is 4.93. The van der Waals surface area contributed by atoms with E-state index in [0.717, 1.165) is 24.1 Å². The van der Waals surface area contributed by atoms with Crippen molar-refractivity contribution in [3.8, 4) is 0 Å². The smallest absolute Gasteiger partial charge is 0.103 e. The van der Waals surface area contributed by atoms with E-state index in [2.05, 4.69) is 39.9 Å². The minimum Gasteiger partial charge on any atom is -0.307 e. The Balaban J connectivity index is 1.96. The normalized spacial score (nSPS) is 16.1. The van der Waals surface area contributed by atoms with Crippen LogP contribution in [0.25, 0.3) is 0 Å². The number of nitrogens with one attached hydrogen (secondary N) is 1. The van der Waals surface area contributed by atoms with Crippen LogP contribution in [0.5, 0.6) is 0 Å². The number of aromatic nitrogens is 1. The molecule has 1 aliphatic carbocycles. The number of thioether (sulfide) groups is 1. The van der Waals surface area contributed by atoms with Crippen LogP contribution in [0.15, 0.2) is 0 Å². The van der Waals surface area contributed by atoms with Crippen LogP contribution in [0.2, 0.25) is 0 Å². The van der Waals surface area contributed by atoms with Gasteiger partial charge in [-0.2, -0.15) is 11.8 Å². The van der Waals surface area contributed by atoms with E-state index in [9.17, 15) is 0 Å². The monoisotopic (exact) mass is 312 g/mol. The van der Waals surface area contributed by atoms with E-state index in [-0.39, 0.29) is 5.54 Å². The molecule has 1 saturated carbocycles. The first-order chi connectivity index (χ1) is 9.35. The second kappa shape index (κ2) is 6.80. The first-order valence-electron chi connectivity index (χ1n) is 7.66. The van der Waals surface area contributed by atoms with E-state index in [0.29, 0.717) is 0 Å². The molecule has 0 spiro atoms. The molecule has 0 aromatic carbocycles. The standard InChI is InChI=1S/C16H28N2S2/c1-11(2)9-19-10-14-18-15(12-6-7-12)13(20-14)8-17-16(3,4)5/h11-12,17H,6-10H2,1-5H3. The fourth-order valence-electron chi connectivity index (χ4n) is 2.01. The lowest BCUT2D eigenvalue weighted by molar-refractivity contribution is 0.425. The zero-order valence-electron chi connectivity index (χ0n) is 13.5. The molecule has 1 aromatic heterocycles. The summed E-state index contributed by atoms with van der Waals surface area (Å²) in [5.41, 5.74) is 1.57. The molecule has 0 aliphatic heterocycles. The maximum absolute atomic E-state index is 4.93. The number of thiazole rings is 1. The Morgan fingerprint density at radius 1 is 1.35 bits per heavy atom. The van der Waals surface area contributed by atoms with Crippen molar-refractivity contribution >= 4 is 23.1 Å². The van der Waals surface area contributed by atoms with Crippen LogP contribution in [-0.2, 0) is 12.3 Å². The van der Waals surface area contributed by atoms with Crippen LogP contribution in [0, 0.1) is 5.92 Å². The first-order valence-corrected chi connectivity index (χ1v) is 9.63. The Hall–Kier alpha value is -0.0600. The summed E-state index contributed by atoms with van der Waals surface area (Å²) in [6.07, 6.45) is 2.68. The summed E-state index contributed by atoms with van der Waals surface area (Å²) in [5, 5.41) is 4.93. The van der Waals surface area contributed by atoms with Gasteiger partial charge in [0.25, 0.3) is 0 Å². The molecule has 0 atom stereocenters. The summed E-state index contributed by atoms with van der Waals surface area (Å²) in [5.74, 6) is 3.84. The van der Waals surface area contributed by atoms with Gasteiger partial charge in [-0.3, -0.25) is 0 Å². The summed E-state index contributed by atoms with van der Waals surface area (Å²) in [7, 11) is 0. The van der Waals surface area contributed by atoms with Crippen LogP contribution < -0.4 is 5.32 Å². The molecule has 1 N–H and O–H groups in total. The van der Waals surface area contributed by atoms with Crippen molar-refractivity contribution in [1.29, 1.82) is 0 Å². The van der Waals surface area contributed by atoms with E-state index in [1.807, 2.05) is 23.1 Å². The topological polar surface area (TPSA) is 24.9 Å². The molecule has 1 aliphatic rings. The molecule has 0 radical (unpaired) electrons. The average Bonchev–Trinajstić information content (AvgIpc) is 3.08. The molecule has 114 valence electrons. The van der Waals surface area contributed by atoms with E-state index in [1.54, 1.807) is 0 Å². The molecular formula is C16H28N2S2. The Kier molecular flexibility index (Phi) is 5.55. The van der Waals surface area contributed by atoms with Gasteiger partial charge in [0.05, 0.1) is 5.69 Å². The van der Waals surface area contributed by atoms with Gasteiger partial charge >= 0.3 is 0 Å². The molecule has 0 bridgehead atoms. The number of hydrogen-bond donors (Lipinski definition) is 1. The summed E-state index contributed by atoms with van der Waals surface area (Å²) in [6, 6.07) is 0. The first kappa shape index (κ1) is 16.3. The van der Waals surface area contributed by atoms with Crippen LogP contribution in [0.1, 0.15) is 69.0 Å². The number of hydrogen-bond acceptors (Lipinski definition) is 4. The average molecular weight is 313 g/mol. The Morgan fingerprint density at radius 3 is 2.60 bits per heavy atom. The van der Waals surface area contributed by atoms with Gasteiger partial charge in [0.2, 0.25) is 0 Å². The van der Waals surface area contributed by atoms with E-state index in [4.69, 9.17) is 4.98 Å². The fraction of sp³-hybridized carbons (Fsp3) is 0.812. The molecular weight excluding hydrogens is 284 g/mol. The van der Waals surface area contributed by atoms with Gasteiger partial charge in [0, 0.05) is 28.6 Å². The number of nitrogens with zero attached hydrogens (tertiary/aromatic N) is 1. The van der Waals surface area contributed by atoms with Gasteiger partial charge in [0.15, 0.2) is 0 Å². The molecule has 1 fully saturated rings. The Labute approximate surface area is 132 Å². The number of rotatable bonds is 7. The Bertz CT molecular complexity index is 428. The summed E-state index contributed by atoms with van der Waals surface area (Å²) in [4.78, 5) is 6.40. The van der Waals surface area contributed by atoms with Gasteiger partial charge in [-0.1, -0.05) is 13.8 Å². The molecule has 0 saturated heterocycles. The van der Waals surface area contributed by atoms with Gasteiger partial charge < -0.3 is 5.32 Å².